The third-order valence-corrected chi connectivity index (χ3v) is 18.9. The number of aliphatic hydroxyl groups is 1. The van der Waals surface area contributed by atoms with E-state index in [1.54, 1.807) is 0 Å². The molecule has 0 aliphatic heterocycles. The quantitative estimate of drug-likeness (QED) is 0.0169. The second-order valence-electron chi connectivity index (χ2n) is 27.0. The summed E-state index contributed by atoms with van der Waals surface area (Å²) in [7, 11) is -9.98. The van der Waals surface area contributed by atoms with Gasteiger partial charge in [0.05, 0.1) is 26.4 Å². The molecule has 17 nitrogen and oxygen atoms in total. The molecule has 19 heteroatoms. The van der Waals surface area contributed by atoms with Gasteiger partial charge < -0.3 is 33.8 Å². The van der Waals surface area contributed by atoms with E-state index in [0.29, 0.717) is 32.1 Å². The SMILES string of the molecule is CCCCC/C=C\C/C=C\C/C=C\C/C=C\CCCC(=O)O[C@H](COC(=O)CCCCCCC/C=C\C/C=C\CCCCC)COP(=O)(O)OC[C@@H](O)COP(=O)(O)OC[C@@H](COC(=O)CCCCCCC/C=C\C/C=C\CCCCC)OC(=O)CCCCCCCCCCCCCCCCC. The molecular formula is C83H146O17P2. The first-order valence-electron chi connectivity index (χ1n) is 40.5. The Morgan fingerprint density at radius 2 is 0.490 bits per heavy atom. The molecule has 0 spiro atoms. The number of phosphoric acid groups is 2. The summed E-state index contributed by atoms with van der Waals surface area (Å²) >= 11 is 0. The number of phosphoric ester groups is 2. The molecule has 0 saturated carbocycles. The van der Waals surface area contributed by atoms with Gasteiger partial charge in [-0.3, -0.25) is 37.3 Å². The van der Waals surface area contributed by atoms with Crippen LogP contribution < -0.4 is 0 Å². The monoisotopic (exact) mass is 1480 g/mol. The van der Waals surface area contributed by atoms with Crippen LogP contribution in [-0.2, 0) is 65.4 Å². The van der Waals surface area contributed by atoms with Crippen molar-refractivity contribution in [3.05, 3.63) is 97.2 Å². The van der Waals surface area contributed by atoms with E-state index in [4.69, 9.17) is 37.0 Å². The van der Waals surface area contributed by atoms with Gasteiger partial charge in [-0.1, -0.05) is 292 Å². The summed E-state index contributed by atoms with van der Waals surface area (Å²) in [5.41, 5.74) is 0. The molecule has 102 heavy (non-hydrogen) atoms. The highest BCUT2D eigenvalue weighted by Gasteiger charge is 2.30. The topological polar surface area (TPSA) is 237 Å². The van der Waals surface area contributed by atoms with Crippen LogP contribution in [0.3, 0.4) is 0 Å². The van der Waals surface area contributed by atoms with Crippen molar-refractivity contribution in [2.45, 2.75) is 367 Å². The summed E-state index contributed by atoms with van der Waals surface area (Å²) < 4.78 is 68.6. The summed E-state index contributed by atoms with van der Waals surface area (Å²) in [6.07, 6.45) is 79.5. The summed E-state index contributed by atoms with van der Waals surface area (Å²) in [5.74, 6) is -2.25. The number of esters is 4. The average Bonchev–Trinajstić information content (AvgIpc) is 0.917. The van der Waals surface area contributed by atoms with E-state index < -0.39 is 97.5 Å². The van der Waals surface area contributed by atoms with Crippen LogP contribution in [-0.4, -0.2) is 96.7 Å². The zero-order valence-corrected chi connectivity index (χ0v) is 66.3. The van der Waals surface area contributed by atoms with E-state index in [-0.39, 0.29) is 25.7 Å². The fourth-order valence-electron chi connectivity index (χ4n) is 10.8. The Morgan fingerprint density at radius 1 is 0.275 bits per heavy atom. The van der Waals surface area contributed by atoms with Gasteiger partial charge in [0.1, 0.15) is 19.3 Å². The predicted molar refractivity (Wildman–Crippen MR) is 418 cm³/mol. The van der Waals surface area contributed by atoms with Gasteiger partial charge in [0.15, 0.2) is 12.2 Å². The van der Waals surface area contributed by atoms with E-state index in [0.717, 1.165) is 141 Å². The van der Waals surface area contributed by atoms with Crippen LogP contribution in [0, 0.1) is 0 Å². The van der Waals surface area contributed by atoms with Gasteiger partial charge in [-0.2, -0.15) is 0 Å². The number of carbonyl (C=O) groups excluding carboxylic acids is 4. The first-order valence-corrected chi connectivity index (χ1v) is 43.5. The lowest BCUT2D eigenvalue weighted by Crippen LogP contribution is -2.30. The molecule has 0 aliphatic rings. The van der Waals surface area contributed by atoms with Gasteiger partial charge in [-0.15, -0.1) is 0 Å². The first kappa shape index (κ1) is 98.0. The minimum absolute atomic E-state index is 0.0162. The Morgan fingerprint density at radius 3 is 0.794 bits per heavy atom. The number of unbranched alkanes of at least 4 members (excludes halogenated alkanes) is 34. The van der Waals surface area contributed by atoms with Gasteiger partial charge in [-0.05, 0) is 128 Å². The fourth-order valence-corrected chi connectivity index (χ4v) is 12.4. The van der Waals surface area contributed by atoms with Crippen LogP contribution in [0.4, 0.5) is 0 Å². The summed E-state index contributed by atoms with van der Waals surface area (Å²) in [4.78, 5) is 73.0. The zero-order chi connectivity index (χ0) is 74.6. The number of rotatable bonds is 76. The molecule has 0 aromatic rings. The second kappa shape index (κ2) is 75.2. The van der Waals surface area contributed by atoms with Crippen molar-refractivity contribution in [2.24, 2.45) is 0 Å². The maximum atomic E-state index is 13.1. The molecule has 0 saturated heterocycles. The lowest BCUT2D eigenvalue weighted by Gasteiger charge is -2.21. The van der Waals surface area contributed by atoms with E-state index in [1.165, 1.54) is 122 Å². The summed E-state index contributed by atoms with van der Waals surface area (Å²) in [6.45, 7) is 4.75. The van der Waals surface area contributed by atoms with E-state index in [9.17, 15) is 43.2 Å². The molecule has 0 fully saturated rings. The Kier molecular flexibility index (Phi) is 72.3. The minimum atomic E-state index is -4.99. The second-order valence-corrected chi connectivity index (χ2v) is 29.9. The molecule has 0 aromatic heterocycles. The third kappa shape index (κ3) is 74.3. The number of hydrogen-bond donors (Lipinski definition) is 3. The Bertz CT molecular complexity index is 2310. The van der Waals surface area contributed by atoms with Crippen molar-refractivity contribution in [3.8, 4) is 0 Å². The maximum Gasteiger partial charge on any atom is 0.472 e. The largest absolute Gasteiger partial charge is 0.472 e. The van der Waals surface area contributed by atoms with Gasteiger partial charge in [0.2, 0.25) is 0 Å². The standard InChI is InChI=1S/C83H146O17P2/c1-5-9-13-17-21-25-29-33-37-38-42-46-50-54-58-62-66-70-83(88)100-79(74-94-81(86)68-64-60-56-52-48-44-40-35-31-27-23-19-15-11-7-3)76-98-102(91,92)96-72-77(84)71-95-101(89,90)97-75-78(99-82(87)69-65-61-57-53-49-45-41-36-32-28-24-20-16-12-8-4)73-93-80(85)67-63-59-55-51-47-43-39-34-30-26-22-18-14-10-6-2/h21-23,25-27,33-35,37,39-40,42,46,54,58,77-79,84H,5-20,24,28-32,36,38,41,43-45,47-53,55-57,59-76H2,1-4H3,(H,89,90)(H,91,92)/b25-21-,26-22-,27-23-,37-33-,39-34-,40-35-,46-42-,58-54-/t77-,78+,79+/m0/s1. The smallest absolute Gasteiger partial charge is 0.462 e. The molecule has 0 bridgehead atoms. The highest BCUT2D eigenvalue weighted by Crippen LogP contribution is 2.45. The highest BCUT2D eigenvalue weighted by molar-refractivity contribution is 7.47. The molecule has 0 aliphatic carbocycles. The molecule has 0 amide bonds. The highest BCUT2D eigenvalue weighted by atomic mass is 31.2. The molecule has 590 valence electrons. The van der Waals surface area contributed by atoms with Gasteiger partial charge in [0.25, 0.3) is 0 Å². The van der Waals surface area contributed by atoms with Crippen molar-refractivity contribution in [3.63, 3.8) is 0 Å². The van der Waals surface area contributed by atoms with Crippen LogP contribution in [0.1, 0.15) is 349 Å². The molecular weight excluding hydrogens is 1330 g/mol. The zero-order valence-electron chi connectivity index (χ0n) is 64.5. The van der Waals surface area contributed by atoms with Gasteiger partial charge >= 0.3 is 39.5 Å². The van der Waals surface area contributed by atoms with Gasteiger partial charge in [-0.25, -0.2) is 9.13 Å². The molecule has 0 rings (SSSR count). The molecule has 5 atom stereocenters. The Hall–Kier alpha value is -4.02. The van der Waals surface area contributed by atoms with Crippen molar-refractivity contribution in [1.82, 2.24) is 0 Å². The van der Waals surface area contributed by atoms with Crippen LogP contribution in [0.15, 0.2) is 97.2 Å². The third-order valence-electron chi connectivity index (χ3n) is 17.0. The van der Waals surface area contributed by atoms with E-state index >= 15 is 0 Å². The number of aliphatic hydroxyl groups excluding tert-OH is 1. The molecule has 0 radical (unpaired) electrons. The number of ether oxygens (including phenoxy) is 4. The van der Waals surface area contributed by atoms with E-state index in [1.807, 2.05) is 12.2 Å². The lowest BCUT2D eigenvalue weighted by atomic mass is 10.0. The van der Waals surface area contributed by atoms with Gasteiger partial charge in [0, 0.05) is 25.7 Å². The summed E-state index contributed by atoms with van der Waals surface area (Å²) in [5, 5.41) is 10.6. The van der Waals surface area contributed by atoms with Crippen molar-refractivity contribution < 1.29 is 80.2 Å². The maximum absolute atomic E-state index is 13.1. The first-order chi connectivity index (χ1) is 49.7. The van der Waals surface area contributed by atoms with Crippen LogP contribution in [0.2, 0.25) is 0 Å². The van der Waals surface area contributed by atoms with E-state index in [2.05, 4.69) is 113 Å². The summed E-state index contributed by atoms with van der Waals surface area (Å²) in [6, 6.07) is 0. The minimum Gasteiger partial charge on any atom is -0.462 e. The normalized spacial score (nSPS) is 14.4. The molecule has 0 heterocycles. The molecule has 0 aromatic carbocycles. The number of allylic oxidation sites excluding steroid dienone is 16. The number of hydrogen-bond acceptors (Lipinski definition) is 15. The predicted octanol–water partition coefficient (Wildman–Crippen LogP) is 23.6. The lowest BCUT2D eigenvalue weighted by molar-refractivity contribution is -0.161. The fraction of sp³-hybridized carbons (Fsp3) is 0.759. The van der Waals surface area contributed by atoms with Crippen molar-refractivity contribution in [2.75, 3.05) is 39.6 Å². The average molecular weight is 1480 g/mol. The molecule has 2 unspecified atom stereocenters. The Balaban J connectivity index is 5.42. The van der Waals surface area contributed by atoms with Crippen LogP contribution in [0.5, 0.6) is 0 Å². The number of carbonyl (C=O) groups is 4. The van der Waals surface area contributed by atoms with Crippen LogP contribution >= 0.6 is 15.6 Å². The van der Waals surface area contributed by atoms with Crippen molar-refractivity contribution in [1.29, 1.82) is 0 Å². The Labute approximate surface area is 620 Å². The van der Waals surface area contributed by atoms with Crippen molar-refractivity contribution >= 4 is 39.5 Å². The van der Waals surface area contributed by atoms with Crippen LogP contribution in [0.25, 0.3) is 0 Å². The molecule has 3 N–H and O–H groups in total.